The number of imidazole rings is 1. The van der Waals surface area contributed by atoms with E-state index in [4.69, 9.17) is 0 Å². The Bertz CT molecular complexity index is 526. The number of urea groups is 1. The summed E-state index contributed by atoms with van der Waals surface area (Å²) in [5.41, 5.74) is 0.565. The molecule has 0 bridgehead atoms. The van der Waals surface area contributed by atoms with E-state index in [9.17, 15) is 4.79 Å². The van der Waals surface area contributed by atoms with Crippen LogP contribution in [-0.2, 0) is 6.54 Å². The van der Waals surface area contributed by atoms with E-state index < -0.39 is 0 Å². The number of H-pyrrole nitrogens is 1. The normalized spacial score (nSPS) is 12.9. The first-order valence-corrected chi connectivity index (χ1v) is 6.47. The number of aromatic amines is 1. The first kappa shape index (κ1) is 14.1. The summed E-state index contributed by atoms with van der Waals surface area (Å²) in [6, 6.07) is -0.268. The van der Waals surface area contributed by atoms with Crippen molar-refractivity contribution in [2.24, 2.45) is 5.41 Å². The molecule has 0 aliphatic heterocycles. The number of amides is 2. The molecular weight excluding hydrogens is 256 g/mol. The molecule has 20 heavy (non-hydrogen) atoms. The fraction of sp³-hybridized carbons (Fsp3) is 0.462. The SMILES string of the molecule is CC(C)(C)[C@@H](Cn1ccnc1)NC(=O)Nc1cn[nH]c1. The summed E-state index contributed by atoms with van der Waals surface area (Å²) in [5.74, 6) is 0. The van der Waals surface area contributed by atoms with Crippen molar-refractivity contribution in [1.82, 2.24) is 25.1 Å². The second-order valence-corrected chi connectivity index (χ2v) is 5.76. The molecule has 0 unspecified atom stereocenters. The Balaban J connectivity index is 1.98. The summed E-state index contributed by atoms with van der Waals surface area (Å²) in [6.45, 7) is 6.94. The molecule has 0 aromatic carbocycles. The minimum atomic E-state index is -0.244. The average Bonchev–Trinajstić information content (AvgIpc) is 2.99. The fourth-order valence-corrected chi connectivity index (χ4v) is 1.79. The Kier molecular flexibility index (Phi) is 4.07. The number of carbonyl (C=O) groups excluding carboxylic acids is 1. The third-order valence-corrected chi connectivity index (χ3v) is 3.06. The first-order chi connectivity index (χ1) is 9.45. The highest BCUT2D eigenvalue weighted by molar-refractivity contribution is 5.89. The monoisotopic (exact) mass is 276 g/mol. The summed E-state index contributed by atoms with van der Waals surface area (Å²) in [4.78, 5) is 16.0. The molecule has 2 amide bonds. The molecular formula is C13H20N6O. The van der Waals surface area contributed by atoms with Crippen molar-refractivity contribution in [2.45, 2.75) is 33.4 Å². The van der Waals surface area contributed by atoms with Crippen molar-refractivity contribution in [3.63, 3.8) is 0 Å². The molecule has 0 saturated heterocycles. The average molecular weight is 276 g/mol. The molecule has 1 atom stereocenters. The van der Waals surface area contributed by atoms with Gasteiger partial charge < -0.3 is 15.2 Å². The molecule has 2 rings (SSSR count). The van der Waals surface area contributed by atoms with Crippen LogP contribution in [0.5, 0.6) is 0 Å². The zero-order valence-electron chi connectivity index (χ0n) is 11.9. The number of hydrogen-bond acceptors (Lipinski definition) is 3. The molecule has 2 aromatic rings. The number of nitrogens with one attached hydrogen (secondary N) is 3. The smallest absolute Gasteiger partial charge is 0.319 e. The minimum Gasteiger partial charge on any atom is -0.335 e. The third kappa shape index (κ3) is 3.84. The number of carbonyl (C=O) groups is 1. The predicted octanol–water partition coefficient (Wildman–Crippen LogP) is 1.84. The molecule has 7 nitrogen and oxygen atoms in total. The molecule has 0 saturated carbocycles. The topological polar surface area (TPSA) is 87.6 Å². The van der Waals surface area contributed by atoms with Crippen LogP contribution < -0.4 is 10.6 Å². The largest absolute Gasteiger partial charge is 0.335 e. The Morgan fingerprint density at radius 2 is 2.30 bits per heavy atom. The van der Waals surface area contributed by atoms with Gasteiger partial charge in [0, 0.05) is 25.1 Å². The van der Waals surface area contributed by atoms with E-state index >= 15 is 0 Å². The summed E-state index contributed by atoms with van der Waals surface area (Å²) >= 11 is 0. The maximum Gasteiger partial charge on any atom is 0.319 e. The van der Waals surface area contributed by atoms with Crippen LogP contribution in [0.4, 0.5) is 10.5 Å². The van der Waals surface area contributed by atoms with Crippen molar-refractivity contribution in [2.75, 3.05) is 5.32 Å². The van der Waals surface area contributed by atoms with Crippen LogP contribution in [0, 0.1) is 5.41 Å². The van der Waals surface area contributed by atoms with E-state index in [1.807, 2.05) is 10.8 Å². The molecule has 2 heterocycles. The van der Waals surface area contributed by atoms with Crippen LogP contribution >= 0.6 is 0 Å². The maximum absolute atomic E-state index is 12.0. The molecule has 108 valence electrons. The second-order valence-electron chi connectivity index (χ2n) is 5.76. The number of aromatic nitrogens is 4. The Morgan fingerprint density at radius 1 is 1.50 bits per heavy atom. The standard InChI is InChI=1S/C13H20N6O/c1-13(2,3)11(8-19-5-4-14-9-19)18-12(20)17-10-6-15-16-7-10/h4-7,9,11H,8H2,1-3H3,(H,15,16)(H2,17,18,20)/t11-/m1/s1. The van der Waals surface area contributed by atoms with Gasteiger partial charge in [0.25, 0.3) is 0 Å². The van der Waals surface area contributed by atoms with Gasteiger partial charge in [-0.3, -0.25) is 5.10 Å². The summed E-state index contributed by atoms with van der Waals surface area (Å²) in [6.07, 6.45) is 8.54. The van der Waals surface area contributed by atoms with E-state index in [-0.39, 0.29) is 17.5 Å². The maximum atomic E-state index is 12.0. The highest BCUT2D eigenvalue weighted by Crippen LogP contribution is 2.21. The predicted molar refractivity (Wildman–Crippen MR) is 76.2 cm³/mol. The summed E-state index contributed by atoms with van der Waals surface area (Å²) in [5, 5.41) is 12.2. The highest BCUT2D eigenvalue weighted by Gasteiger charge is 2.26. The molecule has 0 aliphatic rings. The number of rotatable bonds is 4. The fourth-order valence-electron chi connectivity index (χ4n) is 1.79. The quantitative estimate of drug-likeness (QED) is 0.796. The second kappa shape index (κ2) is 5.77. The summed E-state index contributed by atoms with van der Waals surface area (Å²) in [7, 11) is 0. The highest BCUT2D eigenvalue weighted by atomic mass is 16.2. The molecule has 0 radical (unpaired) electrons. The van der Waals surface area contributed by atoms with E-state index in [0.717, 1.165) is 0 Å². The minimum absolute atomic E-state index is 0.0244. The van der Waals surface area contributed by atoms with Gasteiger partial charge in [-0.2, -0.15) is 5.10 Å². The van der Waals surface area contributed by atoms with Gasteiger partial charge in [0.1, 0.15) is 0 Å². The van der Waals surface area contributed by atoms with Gasteiger partial charge in [-0.1, -0.05) is 20.8 Å². The molecule has 2 aromatic heterocycles. The van der Waals surface area contributed by atoms with Gasteiger partial charge >= 0.3 is 6.03 Å². The lowest BCUT2D eigenvalue weighted by Crippen LogP contribution is -2.47. The molecule has 0 aliphatic carbocycles. The molecule has 3 N–H and O–H groups in total. The molecule has 0 fully saturated rings. The van der Waals surface area contributed by atoms with Crippen LogP contribution in [0.2, 0.25) is 0 Å². The lowest BCUT2D eigenvalue weighted by Gasteiger charge is -2.31. The lowest BCUT2D eigenvalue weighted by atomic mass is 9.86. The van der Waals surface area contributed by atoms with Crippen molar-refractivity contribution < 1.29 is 4.79 Å². The number of nitrogens with zero attached hydrogens (tertiary/aromatic N) is 3. The van der Waals surface area contributed by atoms with E-state index in [1.165, 1.54) is 0 Å². The number of anilines is 1. The van der Waals surface area contributed by atoms with Crippen LogP contribution in [0.3, 0.4) is 0 Å². The van der Waals surface area contributed by atoms with Crippen molar-refractivity contribution in [1.29, 1.82) is 0 Å². The van der Waals surface area contributed by atoms with Crippen molar-refractivity contribution in [3.8, 4) is 0 Å². The van der Waals surface area contributed by atoms with E-state index in [1.54, 1.807) is 24.9 Å². The van der Waals surface area contributed by atoms with E-state index in [2.05, 4.69) is 46.6 Å². The van der Waals surface area contributed by atoms with Gasteiger partial charge in [-0.15, -0.1) is 0 Å². The van der Waals surface area contributed by atoms with Gasteiger partial charge in [-0.05, 0) is 5.41 Å². The Morgan fingerprint density at radius 3 is 2.85 bits per heavy atom. The third-order valence-electron chi connectivity index (χ3n) is 3.06. The molecule has 7 heteroatoms. The zero-order chi connectivity index (χ0) is 14.6. The van der Waals surface area contributed by atoms with Gasteiger partial charge in [0.05, 0.1) is 24.3 Å². The van der Waals surface area contributed by atoms with Crippen LogP contribution in [0.1, 0.15) is 20.8 Å². The Labute approximate surface area is 117 Å². The van der Waals surface area contributed by atoms with Gasteiger partial charge in [-0.25, -0.2) is 9.78 Å². The Hall–Kier alpha value is -2.31. The van der Waals surface area contributed by atoms with Crippen LogP contribution in [0.15, 0.2) is 31.1 Å². The summed E-state index contributed by atoms with van der Waals surface area (Å²) < 4.78 is 1.95. The van der Waals surface area contributed by atoms with Gasteiger partial charge in [0.2, 0.25) is 0 Å². The van der Waals surface area contributed by atoms with Crippen LogP contribution in [0.25, 0.3) is 0 Å². The van der Waals surface area contributed by atoms with Gasteiger partial charge in [0.15, 0.2) is 0 Å². The zero-order valence-corrected chi connectivity index (χ0v) is 11.9. The van der Waals surface area contributed by atoms with Crippen LogP contribution in [-0.4, -0.2) is 31.8 Å². The van der Waals surface area contributed by atoms with E-state index in [0.29, 0.717) is 12.2 Å². The lowest BCUT2D eigenvalue weighted by molar-refractivity contribution is 0.219. The molecule has 0 spiro atoms. The number of hydrogen-bond donors (Lipinski definition) is 3. The first-order valence-electron chi connectivity index (χ1n) is 6.47. The van der Waals surface area contributed by atoms with Crippen molar-refractivity contribution in [3.05, 3.63) is 31.1 Å². The van der Waals surface area contributed by atoms with Crippen molar-refractivity contribution >= 4 is 11.7 Å².